The fourth-order valence-corrected chi connectivity index (χ4v) is 3.41. The van der Waals surface area contributed by atoms with Gasteiger partial charge >= 0.3 is 0 Å². The van der Waals surface area contributed by atoms with Gasteiger partial charge in [0, 0.05) is 44.5 Å². The first kappa shape index (κ1) is 15.3. The third-order valence-corrected chi connectivity index (χ3v) is 4.81. The van der Waals surface area contributed by atoms with Gasteiger partial charge in [-0.15, -0.1) is 0 Å². The number of ether oxygens (including phenoxy) is 1. The van der Waals surface area contributed by atoms with E-state index >= 15 is 0 Å². The summed E-state index contributed by atoms with van der Waals surface area (Å²) in [6, 6.07) is 8.66. The van der Waals surface area contributed by atoms with Crippen molar-refractivity contribution in [3.05, 3.63) is 29.8 Å². The molecule has 22 heavy (non-hydrogen) atoms. The van der Waals surface area contributed by atoms with Crippen LogP contribution in [-0.2, 0) is 9.53 Å². The largest absolute Gasteiger partial charge is 0.381 e. The van der Waals surface area contributed by atoms with Crippen LogP contribution in [0.2, 0.25) is 0 Å². The Morgan fingerprint density at radius 3 is 2.91 bits per heavy atom. The van der Waals surface area contributed by atoms with Crippen molar-refractivity contribution in [1.29, 1.82) is 0 Å². The smallest absolute Gasteiger partial charge is 0.223 e. The monoisotopic (exact) mass is 302 g/mol. The summed E-state index contributed by atoms with van der Waals surface area (Å²) in [5.41, 5.74) is 2.60. The normalized spacial score (nSPS) is 22.8. The predicted octanol–water partition coefficient (Wildman–Crippen LogP) is 2.36. The van der Waals surface area contributed by atoms with Crippen LogP contribution >= 0.6 is 0 Å². The van der Waals surface area contributed by atoms with E-state index in [-0.39, 0.29) is 11.8 Å². The van der Waals surface area contributed by atoms with Crippen LogP contribution in [0.25, 0.3) is 0 Å². The van der Waals surface area contributed by atoms with Crippen LogP contribution in [0.4, 0.5) is 5.69 Å². The van der Waals surface area contributed by atoms with E-state index in [0.29, 0.717) is 5.92 Å². The zero-order chi connectivity index (χ0) is 15.4. The molecular formula is C18H26N2O2. The van der Waals surface area contributed by atoms with Gasteiger partial charge in [-0.05, 0) is 49.8 Å². The van der Waals surface area contributed by atoms with Gasteiger partial charge in [0.2, 0.25) is 5.91 Å². The van der Waals surface area contributed by atoms with E-state index in [2.05, 4.69) is 41.4 Å². The summed E-state index contributed by atoms with van der Waals surface area (Å²) < 4.78 is 5.31. The molecular weight excluding hydrogens is 276 g/mol. The Labute approximate surface area is 132 Å². The summed E-state index contributed by atoms with van der Waals surface area (Å²) in [5, 5.41) is 3.16. The van der Waals surface area contributed by atoms with Crippen molar-refractivity contribution >= 4 is 11.6 Å². The van der Waals surface area contributed by atoms with Crippen molar-refractivity contribution in [3.63, 3.8) is 0 Å². The molecule has 2 aliphatic heterocycles. The molecule has 3 rings (SSSR count). The number of hydrogen-bond donors (Lipinski definition) is 1. The maximum absolute atomic E-state index is 12.2. The average molecular weight is 302 g/mol. The van der Waals surface area contributed by atoms with Gasteiger partial charge in [-0.3, -0.25) is 4.79 Å². The number of amides is 1. The minimum Gasteiger partial charge on any atom is -0.381 e. The highest BCUT2D eigenvalue weighted by Gasteiger charge is 2.25. The van der Waals surface area contributed by atoms with Gasteiger partial charge < -0.3 is 15.0 Å². The van der Waals surface area contributed by atoms with E-state index in [1.54, 1.807) is 0 Å². The van der Waals surface area contributed by atoms with Crippen LogP contribution < -0.4 is 10.2 Å². The number of anilines is 1. The summed E-state index contributed by atoms with van der Waals surface area (Å²) in [6.45, 7) is 6.51. The lowest BCUT2D eigenvalue weighted by molar-refractivity contribution is -0.128. The minimum atomic E-state index is 0.156. The Bertz CT molecular complexity index is 512. The Morgan fingerprint density at radius 1 is 1.32 bits per heavy atom. The Morgan fingerprint density at radius 2 is 2.14 bits per heavy atom. The molecule has 1 N–H and O–H groups in total. The molecule has 4 heteroatoms. The van der Waals surface area contributed by atoms with Gasteiger partial charge in [-0.1, -0.05) is 12.1 Å². The number of nitrogens with zero attached hydrogens (tertiary/aromatic N) is 1. The van der Waals surface area contributed by atoms with Crippen molar-refractivity contribution in [2.75, 3.05) is 37.7 Å². The molecule has 0 aromatic heterocycles. The highest BCUT2D eigenvalue weighted by atomic mass is 16.5. The maximum atomic E-state index is 12.2. The molecule has 0 bridgehead atoms. The molecule has 2 heterocycles. The second-order valence-corrected chi connectivity index (χ2v) is 6.57. The Kier molecular flexibility index (Phi) is 4.98. The van der Waals surface area contributed by atoms with Gasteiger partial charge in [0.25, 0.3) is 0 Å². The standard InChI is InChI=1S/C18H26N2O2/c1-14-3-2-4-17(11-14)20-8-5-15(13-20)12-19-18(21)16-6-9-22-10-7-16/h2-4,11,15-16H,5-10,12-13H2,1H3,(H,19,21)/t15-/m0/s1. The van der Waals surface area contributed by atoms with Crippen molar-refractivity contribution in [2.45, 2.75) is 26.2 Å². The first-order valence-corrected chi connectivity index (χ1v) is 8.39. The fraction of sp³-hybridized carbons (Fsp3) is 0.611. The molecule has 0 aliphatic carbocycles. The first-order chi connectivity index (χ1) is 10.7. The molecule has 120 valence electrons. The molecule has 1 amide bonds. The van der Waals surface area contributed by atoms with Crippen LogP contribution in [0.5, 0.6) is 0 Å². The molecule has 0 spiro atoms. The van der Waals surface area contributed by atoms with E-state index < -0.39 is 0 Å². The van der Waals surface area contributed by atoms with E-state index in [1.165, 1.54) is 11.3 Å². The number of benzene rings is 1. The topological polar surface area (TPSA) is 41.6 Å². The summed E-state index contributed by atoms with van der Waals surface area (Å²) in [4.78, 5) is 14.6. The van der Waals surface area contributed by atoms with Gasteiger partial charge in [0.05, 0.1) is 0 Å². The van der Waals surface area contributed by atoms with Crippen molar-refractivity contribution in [3.8, 4) is 0 Å². The predicted molar refractivity (Wildman–Crippen MR) is 88.1 cm³/mol. The lowest BCUT2D eigenvalue weighted by Crippen LogP contribution is -2.37. The molecule has 2 fully saturated rings. The molecule has 0 unspecified atom stereocenters. The SMILES string of the molecule is Cc1cccc(N2CC[C@@H](CNC(=O)C3CCOCC3)C2)c1. The quantitative estimate of drug-likeness (QED) is 0.928. The van der Waals surface area contributed by atoms with Gasteiger partial charge in [0.15, 0.2) is 0 Å². The lowest BCUT2D eigenvalue weighted by atomic mass is 9.99. The van der Waals surface area contributed by atoms with Crippen molar-refractivity contribution in [1.82, 2.24) is 5.32 Å². The Balaban J connectivity index is 1.46. The van der Waals surface area contributed by atoms with E-state index in [0.717, 1.165) is 52.1 Å². The minimum absolute atomic E-state index is 0.156. The van der Waals surface area contributed by atoms with Gasteiger partial charge in [0.1, 0.15) is 0 Å². The number of carbonyl (C=O) groups is 1. The average Bonchev–Trinajstić information content (AvgIpc) is 3.02. The molecule has 0 saturated carbocycles. The van der Waals surface area contributed by atoms with Crippen molar-refractivity contribution < 1.29 is 9.53 Å². The summed E-state index contributed by atoms with van der Waals surface area (Å²) in [5.74, 6) is 0.935. The summed E-state index contributed by atoms with van der Waals surface area (Å²) >= 11 is 0. The number of rotatable bonds is 4. The molecule has 1 aromatic carbocycles. The van der Waals surface area contributed by atoms with Gasteiger partial charge in [-0.25, -0.2) is 0 Å². The second kappa shape index (κ2) is 7.14. The fourth-order valence-electron chi connectivity index (χ4n) is 3.41. The molecule has 2 saturated heterocycles. The number of nitrogens with one attached hydrogen (secondary N) is 1. The van der Waals surface area contributed by atoms with E-state index in [1.807, 2.05) is 0 Å². The number of carbonyl (C=O) groups excluding carboxylic acids is 1. The third kappa shape index (κ3) is 3.80. The third-order valence-electron chi connectivity index (χ3n) is 4.81. The van der Waals surface area contributed by atoms with E-state index in [4.69, 9.17) is 4.74 Å². The number of aryl methyl sites for hydroxylation is 1. The summed E-state index contributed by atoms with van der Waals surface area (Å²) in [6.07, 6.45) is 2.89. The van der Waals surface area contributed by atoms with Crippen LogP contribution in [0.15, 0.2) is 24.3 Å². The van der Waals surface area contributed by atoms with E-state index in [9.17, 15) is 4.79 Å². The van der Waals surface area contributed by atoms with Gasteiger partial charge in [-0.2, -0.15) is 0 Å². The van der Waals surface area contributed by atoms with Crippen LogP contribution in [0.3, 0.4) is 0 Å². The zero-order valence-corrected chi connectivity index (χ0v) is 13.4. The maximum Gasteiger partial charge on any atom is 0.223 e. The second-order valence-electron chi connectivity index (χ2n) is 6.57. The van der Waals surface area contributed by atoms with Crippen LogP contribution in [-0.4, -0.2) is 38.8 Å². The summed E-state index contributed by atoms with van der Waals surface area (Å²) in [7, 11) is 0. The molecule has 1 atom stereocenters. The van der Waals surface area contributed by atoms with Crippen LogP contribution in [0, 0.1) is 18.8 Å². The first-order valence-electron chi connectivity index (χ1n) is 8.39. The highest BCUT2D eigenvalue weighted by molar-refractivity contribution is 5.78. The molecule has 4 nitrogen and oxygen atoms in total. The van der Waals surface area contributed by atoms with Crippen molar-refractivity contribution in [2.24, 2.45) is 11.8 Å². The molecule has 2 aliphatic rings. The zero-order valence-electron chi connectivity index (χ0n) is 13.4. The highest BCUT2D eigenvalue weighted by Crippen LogP contribution is 2.24. The number of hydrogen-bond acceptors (Lipinski definition) is 3. The Hall–Kier alpha value is -1.55. The van der Waals surface area contributed by atoms with Crippen LogP contribution in [0.1, 0.15) is 24.8 Å². The molecule has 0 radical (unpaired) electrons. The lowest BCUT2D eigenvalue weighted by Gasteiger charge is -2.22. The molecule has 1 aromatic rings.